The standard InChI is InChI=1S/C19H23ClN2O6S.C4H11N/c1-12(2)10-28-19-16(20)8-15(9-21-19)27-11-14-6-5-13(7-17(14)26-3)18(23)22-29(4,24)25;1-3-5-4-2/h5-9,12H,10-11H2,1-4H3,(H,22,23);5H,3-4H2,1-2H3. The maximum absolute atomic E-state index is 12.0. The van der Waals surface area contributed by atoms with E-state index in [1.807, 2.05) is 18.6 Å². The van der Waals surface area contributed by atoms with Crippen LogP contribution in [0, 0.1) is 5.92 Å². The van der Waals surface area contributed by atoms with Gasteiger partial charge in [0.05, 0.1) is 26.2 Å². The van der Waals surface area contributed by atoms with Gasteiger partial charge in [0.1, 0.15) is 23.1 Å². The van der Waals surface area contributed by atoms with Gasteiger partial charge in [0.2, 0.25) is 15.9 Å². The number of pyridine rings is 1. The molecule has 2 N–H and O–H groups in total. The zero-order valence-corrected chi connectivity index (χ0v) is 22.0. The van der Waals surface area contributed by atoms with Crippen LogP contribution in [0.25, 0.3) is 0 Å². The number of hydrogen-bond donors (Lipinski definition) is 2. The quantitative estimate of drug-likeness (QED) is 0.465. The van der Waals surface area contributed by atoms with Crippen LogP contribution >= 0.6 is 11.6 Å². The highest BCUT2D eigenvalue weighted by molar-refractivity contribution is 7.89. The third kappa shape index (κ3) is 11.0. The van der Waals surface area contributed by atoms with Crippen LogP contribution in [-0.2, 0) is 16.6 Å². The number of halogens is 1. The van der Waals surface area contributed by atoms with E-state index in [4.69, 9.17) is 25.8 Å². The summed E-state index contributed by atoms with van der Waals surface area (Å²) < 4.78 is 40.8. The number of nitrogens with one attached hydrogen (secondary N) is 2. The van der Waals surface area contributed by atoms with E-state index >= 15 is 0 Å². The molecule has 11 heteroatoms. The van der Waals surface area contributed by atoms with Gasteiger partial charge in [-0.2, -0.15) is 0 Å². The number of nitrogens with zero attached hydrogens (tertiary/aromatic N) is 1. The second-order valence-electron chi connectivity index (χ2n) is 7.64. The van der Waals surface area contributed by atoms with Crippen molar-refractivity contribution < 1.29 is 27.4 Å². The van der Waals surface area contributed by atoms with Crippen LogP contribution in [0.15, 0.2) is 30.5 Å². The van der Waals surface area contributed by atoms with E-state index in [9.17, 15) is 13.2 Å². The van der Waals surface area contributed by atoms with E-state index in [-0.39, 0.29) is 12.2 Å². The molecular weight excluding hydrogens is 482 g/mol. The summed E-state index contributed by atoms with van der Waals surface area (Å²) >= 11 is 6.18. The summed E-state index contributed by atoms with van der Waals surface area (Å²) in [5, 5.41) is 3.45. The minimum Gasteiger partial charge on any atom is -0.496 e. The molecule has 1 aromatic carbocycles. The molecule has 2 rings (SSSR count). The van der Waals surface area contributed by atoms with Crippen LogP contribution in [-0.4, -0.2) is 52.4 Å². The fourth-order valence-corrected chi connectivity index (χ4v) is 3.15. The van der Waals surface area contributed by atoms with Gasteiger partial charge in [0.15, 0.2) is 0 Å². The van der Waals surface area contributed by atoms with Gasteiger partial charge >= 0.3 is 0 Å². The molecule has 0 aliphatic carbocycles. The fourth-order valence-electron chi connectivity index (χ4n) is 2.48. The molecule has 0 atom stereocenters. The molecule has 1 aromatic heterocycles. The van der Waals surface area contributed by atoms with E-state index in [0.717, 1.165) is 19.3 Å². The van der Waals surface area contributed by atoms with Crippen LogP contribution in [0.5, 0.6) is 17.4 Å². The molecule has 1 heterocycles. The Morgan fingerprint density at radius 2 is 1.82 bits per heavy atom. The molecule has 0 radical (unpaired) electrons. The van der Waals surface area contributed by atoms with Crippen molar-refractivity contribution in [2.45, 2.75) is 34.3 Å². The van der Waals surface area contributed by atoms with Gasteiger partial charge in [-0.1, -0.05) is 45.4 Å². The zero-order valence-electron chi connectivity index (χ0n) is 20.5. The van der Waals surface area contributed by atoms with E-state index in [0.29, 0.717) is 40.5 Å². The monoisotopic (exact) mass is 515 g/mol. The van der Waals surface area contributed by atoms with Gasteiger partial charge < -0.3 is 19.5 Å². The molecule has 9 nitrogen and oxygen atoms in total. The Bertz CT molecular complexity index is 1030. The van der Waals surface area contributed by atoms with Gasteiger partial charge in [0.25, 0.3) is 5.91 Å². The molecule has 190 valence electrons. The third-order valence-electron chi connectivity index (χ3n) is 4.06. The average molecular weight is 516 g/mol. The van der Waals surface area contributed by atoms with E-state index in [2.05, 4.69) is 24.1 Å². The molecule has 0 fully saturated rings. The first-order valence-electron chi connectivity index (χ1n) is 10.8. The minimum absolute atomic E-state index is 0.126. The molecule has 0 unspecified atom stereocenters. The predicted octanol–water partition coefficient (Wildman–Crippen LogP) is 3.66. The molecule has 0 aliphatic heterocycles. The van der Waals surface area contributed by atoms with Gasteiger partial charge in [-0.3, -0.25) is 4.79 Å². The number of ether oxygens (including phenoxy) is 3. The third-order valence-corrected chi connectivity index (χ3v) is 4.88. The number of rotatable bonds is 11. The van der Waals surface area contributed by atoms with E-state index in [1.54, 1.807) is 12.1 Å². The molecule has 1 amide bonds. The summed E-state index contributed by atoms with van der Waals surface area (Å²) in [6.45, 7) is 11.1. The molecule has 34 heavy (non-hydrogen) atoms. The molecule has 0 saturated carbocycles. The van der Waals surface area contributed by atoms with Crippen molar-refractivity contribution in [2.75, 3.05) is 33.1 Å². The molecule has 0 aliphatic rings. The molecule has 2 aromatic rings. The number of carbonyl (C=O) groups excluding carboxylic acids is 1. The number of hydrogen-bond acceptors (Lipinski definition) is 8. The smallest absolute Gasteiger partial charge is 0.264 e. The predicted molar refractivity (Wildman–Crippen MR) is 133 cm³/mol. The lowest BCUT2D eigenvalue weighted by molar-refractivity contribution is 0.0981. The minimum atomic E-state index is -3.66. The Hall–Kier alpha value is -2.56. The maximum atomic E-state index is 12.0. The SMILES string of the molecule is CCNCC.COc1cc(C(=O)NS(C)(=O)=O)ccc1COc1cnc(OCC(C)C)c(Cl)c1. The first kappa shape index (κ1) is 29.5. The highest BCUT2D eigenvalue weighted by Gasteiger charge is 2.14. The van der Waals surface area contributed by atoms with Crippen molar-refractivity contribution in [3.8, 4) is 17.4 Å². The Kier molecular flexibility index (Phi) is 12.7. The van der Waals surface area contributed by atoms with Crippen molar-refractivity contribution in [3.05, 3.63) is 46.6 Å². The summed E-state index contributed by atoms with van der Waals surface area (Å²) in [5.74, 6) is 0.756. The highest BCUT2D eigenvalue weighted by Crippen LogP contribution is 2.28. The lowest BCUT2D eigenvalue weighted by Crippen LogP contribution is -2.29. The summed E-state index contributed by atoms with van der Waals surface area (Å²) in [4.78, 5) is 16.1. The van der Waals surface area contributed by atoms with Crippen LogP contribution in [0.2, 0.25) is 5.02 Å². The molecular formula is C23H34ClN3O6S. The number of amides is 1. The second kappa shape index (κ2) is 14.6. The van der Waals surface area contributed by atoms with Crippen LogP contribution in [0.4, 0.5) is 0 Å². The summed E-state index contributed by atoms with van der Waals surface area (Å²) in [7, 11) is -2.22. The van der Waals surface area contributed by atoms with Crippen LogP contribution < -0.4 is 24.2 Å². The Balaban J connectivity index is 0.00000104. The first-order chi connectivity index (χ1) is 16.0. The van der Waals surface area contributed by atoms with Crippen LogP contribution in [0.3, 0.4) is 0 Å². The van der Waals surface area contributed by atoms with Gasteiger partial charge in [0, 0.05) is 17.2 Å². The number of carbonyl (C=O) groups is 1. The largest absolute Gasteiger partial charge is 0.496 e. The first-order valence-corrected chi connectivity index (χ1v) is 13.1. The lowest BCUT2D eigenvalue weighted by Gasteiger charge is -2.13. The topological polar surface area (TPSA) is 116 Å². The normalized spacial score (nSPS) is 10.8. The number of methoxy groups -OCH3 is 1. The summed E-state index contributed by atoms with van der Waals surface area (Å²) in [5.41, 5.74) is 0.798. The van der Waals surface area contributed by atoms with Crippen molar-refractivity contribution in [1.82, 2.24) is 15.0 Å². The Morgan fingerprint density at radius 1 is 1.15 bits per heavy atom. The van der Waals surface area contributed by atoms with Crippen LogP contribution in [0.1, 0.15) is 43.6 Å². The fraction of sp³-hybridized carbons (Fsp3) is 0.478. The number of aromatic nitrogens is 1. The Labute approximate surface area is 207 Å². The summed E-state index contributed by atoms with van der Waals surface area (Å²) in [6, 6.07) is 6.14. The summed E-state index contributed by atoms with van der Waals surface area (Å²) in [6.07, 6.45) is 2.41. The average Bonchev–Trinajstić information content (AvgIpc) is 2.76. The lowest BCUT2D eigenvalue weighted by atomic mass is 10.1. The highest BCUT2D eigenvalue weighted by atomic mass is 35.5. The van der Waals surface area contributed by atoms with Gasteiger partial charge in [-0.05, 0) is 31.1 Å². The van der Waals surface area contributed by atoms with Crippen molar-refractivity contribution >= 4 is 27.5 Å². The maximum Gasteiger partial charge on any atom is 0.264 e. The van der Waals surface area contributed by atoms with Gasteiger partial charge in [-0.15, -0.1) is 0 Å². The molecule has 0 spiro atoms. The van der Waals surface area contributed by atoms with E-state index < -0.39 is 15.9 Å². The number of benzene rings is 1. The Morgan fingerprint density at radius 3 is 2.32 bits per heavy atom. The van der Waals surface area contributed by atoms with Crippen molar-refractivity contribution in [3.63, 3.8) is 0 Å². The van der Waals surface area contributed by atoms with Gasteiger partial charge in [-0.25, -0.2) is 18.1 Å². The zero-order chi connectivity index (χ0) is 25.7. The molecule has 0 bridgehead atoms. The van der Waals surface area contributed by atoms with E-state index in [1.165, 1.54) is 25.4 Å². The van der Waals surface area contributed by atoms with Crippen molar-refractivity contribution in [2.24, 2.45) is 5.92 Å². The number of sulfonamides is 1. The van der Waals surface area contributed by atoms with Crippen molar-refractivity contribution in [1.29, 1.82) is 0 Å². The molecule has 0 saturated heterocycles. The second-order valence-corrected chi connectivity index (χ2v) is 9.79.